The minimum absolute atomic E-state index is 0.0482. The maximum Gasteiger partial charge on any atom is 0.330 e. The Morgan fingerprint density at radius 1 is 1.15 bits per heavy atom. The van der Waals surface area contributed by atoms with E-state index in [1.807, 2.05) is 37.3 Å². The van der Waals surface area contributed by atoms with Crippen LogP contribution in [0.25, 0.3) is 0 Å². The largest absolute Gasteiger partial charge is 0.383 e. The molecule has 174 valence electrons. The lowest BCUT2D eigenvalue weighted by Gasteiger charge is -2.25. The number of anilines is 3. The summed E-state index contributed by atoms with van der Waals surface area (Å²) in [4.78, 5) is 42.0. The van der Waals surface area contributed by atoms with Crippen molar-refractivity contribution in [2.24, 2.45) is 0 Å². The molecule has 0 atom stereocenters. The molecule has 0 unspecified atom stereocenters. The van der Waals surface area contributed by atoms with Crippen molar-refractivity contribution in [3.8, 4) is 0 Å². The van der Waals surface area contributed by atoms with Gasteiger partial charge in [-0.25, -0.2) is 4.79 Å². The number of H-pyrrole nitrogens is 1. The van der Waals surface area contributed by atoms with E-state index in [1.165, 1.54) is 9.47 Å². The van der Waals surface area contributed by atoms with Gasteiger partial charge in [-0.15, -0.1) is 0 Å². The number of nitrogens with zero attached hydrogens (tertiary/aromatic N) is 2. The van der Waals surface area contributed by atoms with Crippen LogP contribution < -0.4 is 27.2 Å². The summed E-state index contributed by atoms with van der Waals surface area (Å²) in [5.41, 5.74) is 6.24. The van der Waals surface area contributed by atoms with E-state index in [9.17, 15) is 14.4 Å². The Hall–Kier alpha value is -3.23. The van der Waals surface area contributed by atoms with Crippen molar-refractivity contribution in [3.63, 3.8) is 0 Å². The predicted octanol–water partition coefficient (Wildman–Crippen LogP) is 3.72. The van der Waals surface area contributed by atoms with Crippen LogP contribution in [0.3, 0.4) is 0 Å². The molecule has 1 heterocycles. The van der Waals surface area contributed by atoms with Crippen LogP contribution in [0.1, 0.15) is 25.3 Å². The molecular weight excluding hydrogens is 465 g/mol. The van der Waals surface area contributed by atoms with Crippen LogP contribution in [-0.2, 0) is 11.3 Å². The molecule has 0 saturated heterocycles. The first-order valence-electron chi connectivity index (χ1n) is 10.5. The molecule has 1 aromatic heterocycles. The molecule has 3 rings (SSSR count). The minimum Gasteiger partial charge on any atom is -0.383 e. The number of nitrogens with one attached hydrogen (secondary N) is 2. The smallest absolute Gasteiger partial charge is 0.330 e. The van der Waals surface area contributed by atoms with E-state index in [4.69, 9.17) is 28.9 Å². The second-order valence-corrected chi connectivity index (χ2v) is 8.29. The number of aromatic nitrogens is 2. The highest BCUT2D eigenvalue weighted by Crippen LogP contribution is 2.25. The maximum absolute atomic E-state index is 13.2. The number of nitrogens with two attached hydrogens (primary N) is 1. The number of carbonyl (C=O) groups is 1. The van der Waals surface area contributed by atoms with Gasteiger partial charge in [0.2, 0.25) is 5.91 Å². The van der Waals surface area contributed by atoms with Gasteiger partial charge in [0, 0.05) is 11.6 Å². The zero-order chi connectivity index (χ0) is 24.0. The van der Waals surface area contributed by atoms with Crippen molar-refractivity contribution in [2.75, 3.05) is 29.0 Å². The highest BCUT2D eigenvalue weighted by atomic mass is 35.5. The number of nitrogen functional groups attached to an aromatic ring is 1. The van der Waals surface area contributed by atoms with Gasteiger partial charge in [0.15, 0.2) is 5.69 Å². The van der Waals surface area contributed by atoms with Crippen molar-refractivity contribution in [1.82, 2.24) is 9.55 Å². The van der Waals surface area contributed by atoms with Gasteiger partial charge in [0.25, 0.3) is 5.56 Å². The standard InChI is InChI=1S/C23H25Cl2N5O3/c1-2-3-11-29(19(31)13-27-18-10-9-16(24)12-17(18)25)20-21(26)30(23(33)28-22(20)32)14-15-7-5-4-6-8-15/h4-10,12,27H,2-3,11,13-14,26H2,1H3,(H,28,32,33). The van der Waals surface area contributed by atoms with Crippen LogP contribution >= 0.6 is 23.2 Å². The monoisotopic (exact) mass is 489 g/mol. The molecule has 1 amide bonds. The Bertz CT molecular complexity index is 1240. The number of unbranched alkanes of at least 4 members (excludes halogenated alkanes) is 1. The quantitative estimate of drug-likeness (QED) is 0.423. The lowest BCUT2D eigenvalue weighted by atomic mass is 10.2. The van der Waals surface area contributed by atoms with Gasteiger partial charge < -0.3 is 16.0 Å². The molecule has 33 heavy (non-hydrogen) atoms. The van der Waals surface area contributed by atoms with Crippen molar-refractivity contribution >= 4 is 46.3 Å². The van der Waals surface area contributed by atoms with E-state index < -0.39 is 17.2 Å². The van der Waals surface area contributed by atoms with Gasteiger partial charge in [-0.1, -0.05) is 66.9 Å². The predicted molar refractivity (Wildman–Crippen MR) is 133 cm³/mol. The van der Waals surface area contributed by atoms with Crippen molar-refractivity contribution < 1.29 is 4.79 Å². The summed E-state index contributed by atoms with van der Waals surface area (Å²) in [6.45, 7) is 2.26. The zero-order valence-corrected chi connectivity index (χ0v) is 19.6. The van der Waals surface area contributed by atoms with E-state index in [2.05, 4.69) is 10.3 Å². The van der Waals surface area contributed by atoms with Crippen LogP contribution in [-0.4, -0.2) is 28.5 Å². The molecule has 8 nitrogen and oxygen atoms in total. The lowest BCUT2D eigenvalue weighted by molar-refractivity contribution is -0.117. The number of halogens is 2. The molecular formula is C23H25Cl2N5O3. The highest BCUT2D eigenvalue weighted by molar-refractivity contribution is 6.36. The average molecular weight is 490 g/mol. The number of benzene rings is 2. The Morgan fingerprint density at radius 3 is 2.55 bits per heavy atom. The summed E-state index contributed by atoms with van der Waals surface area (Å²) in [6.07, 6.45) is 1.44. The first-order valence-corrected chi connectivity index (χ1v) is 11.2. The normalized spacial score (nSPS) is 10.8. The number of rotatable bonds is 9. The number of amides is 1. The van der Waals surface area contributed by atoms with Crippen molar-refractivity contribution in [1.29, 1.82) is 0 Å². The van der Waals surface area contributed by atoms with Gasteiger partial charge in [0.1, 0.15) is 5.82 Å². The molecule has 4 N–H and O–H groups in total. The van der Waals surface area contributed by atoms with E-state index >= 15 is 0 Å². The fourth-order valence-corrected chi connectivity index (χ4v) is 3.81. The number of carbonyl (C=O) groups excluding carboxylic acids is 1. The lowest BCUT2D eigenvalue weighted by Crippen LogP contribution is -2.43. The van der Waals surface area contributed by atoms with E-state index in [0.717, 1.165) is 12.0 Å². The van der Waals surface area contributed by atoms with E-state index in [1.54, 1.807) is 18.2 Å². The molecule has 2 aromatic carbocycles. The second-order valence-electron chi connectivity index (χ2n) is 7.44. The van der Waals surface area contributed by atoms with Crippen LogP contribution in [0.4, 0.5) is 17.2 Å². The first-order chi connectivity index (χ1) is 15.8. The molecule has 10 heteroatoms. The summed E-state index contributed by atoms with van der Waals surface area (Å²) < 4.78 is 1.25. The third-order valence-corrected chi connectivity index (χ3v) is 5.61. The highest BCUT2D eigenvalue weighted by Gasteiger charge is 2.24. The average Bonchev–Trinajstić information content (AvgIpc) is 2.78. The van der Waals surface area contributed by atoms with Crippen LogP contribution in [0.5, 0.6) is 0 Å². The summed E-state index contributed by atoms with van der Waals surface area (Å²) in [7, 11) is 0. The minimum atomic E-state index is -0.712. The molecule has 0 fully saturated rings. The van der Waals surface area contributed by atoms with Gasteiger partial charge in [-0.05, 0) is 30.2 Å². The molecule has 3 aromatic rings. The summed E-state index contributed by atoms with van der Waals surface area (Å²) >= 11 is 12.1. The van der Waals surface area contributed by atoms with Gasteiger partial charge in [-0.3, -0.25) is 19.1 Å². The second kappa shape index (κ2) is 11.1. The topological polar surface area (TPSA) is 113 Å². The third-order valence-electron chi connectivity index (χ3n) is 5.07. The third kappa shape index (κ3) is 5.97. The Labute approximate surface area is 200 Å². The Morgan fingerprint density at radius 2 is 1.88 bits per heavy atom. The maximum atomic E-state index is 13.2. The summed E-state index contributed by atoms with van der Waals surface area (Å²) in [6, 6.07) is 14.1. The Kier molecular flexibility index (Phi) is 8.19. The van der Waals surface area contributed by atoms with Crippen LogP contribution in [0, 0.1) is 0 Å². The van der Waals surface area contributed by atoms with Gasteiger partial charge in [0.05, 0.1) is 23.8 Å². The first kappa shape index (κ1) is 24.4. The molecule has 0 radical (unpaired) electrons. The van der Waals surface area contributed by atoms with Crippen LogP contribution in [0.15, 0.2) is 58.1 Å². The van der Waals surface area contributed by atoms with E-state index in [-0.39, 0.29) is 31.1 Å². The van der Waals surface area contributed by atoms with Gasteiger partial charge in [-0.2, -0.15) is 0 Å². The molecule has 0 aliphatic carbocycles. The van der Waals surface area contributed by atoms with Gasteiger partial charge >= 0.3 is 5.69 Å². The molecule has 0 bridgehead atoms. The number of hydrogen-bond donors (Lipinski definition) is 3. The summed E-state index contributed by atoms with van der Waals surface area (Å²) in [5, 5.41) is 3.81. The fraction of sp³-hybridized carbons (Fsp3) is 0.261. The fourth-order valence-electron chi connectivity index (χ4n) is 3.34. The Balaban J connectivity index is 1.93. The van der Waals surface area contributed by atoms with E-state index in [0.29, 0.717) is 22.2 Å². The van der Waals surface area contributed by atoms with Crippen molar-refractivity contribution in [3.05, 3.63) is 85.0 Å². The zero-order valence-electron chi connectivity index (χ0n) is 18.1. The summed E-state index contributed by atoms with van der Waals surface area (Å²) in [5.74, 6) is -0.460. The number of aromatic amines is 1. The number of hydrogen-bond acceptors (Lipinski definition) is 5. The SMILES string of the molecule is CCCCN(C(=O)CNc1ccc(Cl)cc1Cl)c1c(N)n(Cc2ccccc2)c(=O)[nH]c1=O. The van der Waals surface area contributed by atoms with Crippen molar-refractivity contribution in [2.45, 2.75) is 26.3 Å². The molecule has 0 aliphatic heterocycles. The molecule has 0 spiro atoms. The van der Waals surface area contributed by atoms with Crippen LogP contribution in [0.2, 0.25) is 10.0 Å². The molecule has 0 aliphatic rings. The molecule has 0 saturated carbocycles.